The maximum atomic E-state index is 5.95. The molecule has 1 unspecified atom stereocenters. The summed E-state index contributed by atoms with van der Waals surface area (Å²) < 4.78 is 11.3. The molecule has 1 atom stereocenters. The van der Waals surface area contributed by atoms with Gasteiger partial charge in [0.25, 0.3) is 0 Å². The Morgan fingerprint density at radius 2 is 1.86 bits per heavy atom. The van der Waals surface area contributed by atoms with Crippen molar-refractivity contribution in [3.63, 3.8) is 0 Å². The van der Waals surface area contributed by atoms with Crippen LogP contribution in [-0.2, 0) is 6.42 Å². The Bertz CT molecular complexity index is 889. The molecule has 1 aromatic heterocycles. The Morgan fingerprint density at radius 1 is 1.11 bits per heavy atom. The lowest BCUT2D eigenvalue weighted by molar-refractivity contribution is 0.213. The lowest BCUT2D eigenvalue weighted by Crippen LogP contribution is -2.42. The van der Waals surface area contributed by atoms with E-state index in [-0.39, 0.29) is 6.10 Å². The SMILES string of the molecule is CN=C(NCCc1nc2ccccc2[nH]1)NCC(C)Oc1ccccc1OC. The number of ether oxygens (including phenoxy) is 2. The molecular formula is C21H27N5O2. The largest absolute Gasteiger partial charge is 0.493 e. The summed E-state index contributed by atoms with van der Waals surface area (Å²) in [5, 5.41) is 6.58. The first-order valence-electron chi connectivity index (χ1n) is 9.37. The molecule has 0 fully saturated rings. The van der Waals surface area contributed by atoms with E-state index in [1.165, 1.54) is 0 Å². The van der Waals surface area contributed by atoms with E-state index in [1.54, 1.807) is 14.2 Å². The number of aromatic amines is 1. The molecule has 0 spiro atoms. The summed E-state index contributed by atoms with van der Waals surface area (Å²) in [6.07, 6.45) is 0.730. The van der Waals surface area contributed by atoms with Crippen LogP contribution >= 0.6 is 0 Å². The molecule has 7 heteroatoms. The van der Waals surface area contributed by atoms with Crippen molar-refractivity contribution in [3.8, 4) is 11.5 Å². The van der Waals surface area contributed by atoms with Gasteiger partial charge < -0.3 is 25.1 Å². The minimum absolute atomic E-state index is 0.0507. The van der Waals surface area contributed by atoms with Crippen molar-refractivity contribution in [3.05, 3.63) is 54.4 Å². The lowest BCUT2D eigenvalue weighted by atomic mass is 10.3. The number of hydrogen-bond acceptors (Lipinski definition) is 4. The summed E-state index contributed by atoms with van der Waals surface area (Å²) in [5.41, 5.74) is 2.05. The number of fused-ring (bicyclic) bond motifs is 1. The summed E-state index contributed by atoms with van der Waals surface area (Å²) in [6, 6.07) is 15.7. The standard InChI is InChI=1S/C21H27N5O2/c1-15(28-19-11-7-6-10-18(19)27-3)14-24-21(22-2)23-13-12-20-25-16-8-4-5-9-17(16)26-20/h4-11,15H,12-14H2,1-3H3,(H,25,26)(H2,22,23,24). The smallest absolute Gasteiger partial charge is 0.191 e. The lowest BCUT2D eigenvalue weighted by Gasteiger charge is -2.19. The molecule has 3 rings (SSSR count). The second-order valence-electron chi connectivity index (χ2n) is 6.41. The van der Waals surface area contributed by atoms with Crippen molar-refractivity contribution >= 4 is 17.0 Å². The Labute approximate surface area is 165 Å². The fraction of sp³-hybridized carbons (Fsp3) is 0.333. The van der Waals surface area contributed by atoms with Crippen LogP contribution in [0.25, 0.3) is 11.0 Å². The third kappa shape index (κ3) is 5.16. The zero-order valence-corrected chi connectivity index (χ0v) is 16.5. The van der Waals surface area contributed by atoms with Crippen LogP contribution in [0.15, 0.2) is 53.5 Å². The fourth-order valence-corrected chi connectivity index (χ4v) is 2.86. The molecule has 3 aromatic rings. The number of nitrogens with zero attached hydrogens (tertiary/aromatic N) is 2. The molecule has 0 saturated heterocycles. The van der Waals surface area contributed by atoms with Crippen LogP contribution < -0.4 is 20.1 Å². The highest BCUT2D eigenvalue weighted by atomic mass is 16.5. The van der Waals surface area contributed by atoms with Crippen molar-refractivity contribution in [1.82, 2.24) is 20.6 Å². The molecule has 0 aliphatic carbocycles. The van der Waals surface area contributed by atoms with Gasteiger partial charge in [-0.1, -0.05) is 24.3 Å². The number of guanidine groups is 1. The van der Waals surface area contributed by atoms with Crippen molar-refractivity contribution in [1.29, 1.82) is 0 Å². The molecule has 3 N–H and O–H groups in total. The summed E-state index contributed by atoms with van der Waals surface area (Å²) in [7, 11) is 3.39. The second kappa shape index (κ2) is 9.64. The third-order valence-electron chi connectivity index (χ3n) is 4.27. The van der Waals surface area contributed by atoms with Gasteiger partial charge in [0.2, 0.25) is 0 Å². The fourth-order valence-electron chi connectivity index (χ4n) is 2.86. The predicted octanol–water partition coefficient (Wildman–Crippen LogP) is 2.75. The molecule has 0 saturated carbocycles. The molecule has 0 bridgehead atoms. The average Bonchev–Trinajstić information content (AvgIpc) is 3.13. The van der Waals surface area contributed by atoms with Crippen LogP contribution in [0.4, 0.5) is 0 Å². The van der Waals surface area contributed by atoms with E-state index >= 15 is 0 Å². The van der Waals surface area contributed by atoms with Crippen LogP contribution in [0.2, 0.25) is 0 Å². The predicted molar refractivity (Wildman–Crippen MR) is 112 cm³/mol. The molecule has 2 aromatic carbocycles. The number of aliphatic imine (C=N–C) groups is 1. The number of nitrogens with one attached hydrogen (secondary N) is 3. The first-order valence-corrected chi connectivity index (χ1v) is 9.37. The Hall–Kier alpha value is -3.22. The number of H-pyrrole nitrogens is 1. The minimum atomic E-state index is -0.0507. The van der Waals surface area contributed by atoms with Crippen LogP contribution in [0, 0.1) is 0 Å². The zero-order valence-electron chi connectivity index (χ0n) is 16.5. The van der Waals surface area contributed by atoms with Crippen molar-refractivity contribution in [2.45, 2.75) is 19.4 Å². The number of aromatic nitrogens is 2. The van der Waals surface area contributed by atoms with E-state index < -0.39 is 0 Å². The molecule has 148 valence electrons. The van der Waals surface area contributed by atoms with Gasteiger partial charge in [0, 0.05) is 20.0 Å². The number of para-hydroxylation sites is 4. The van der Waals surface area contributed by atoms with Crippen LogP contribution in [0.3, 0.4) is 0 Å². The van der Waals surface area contributed by atoms with Gasteiger partial charge in [-0.25, -0.2) is 4.98 Å². The summed E-state index contributed by atoms with van der Waals surface area (Å²) in [5.74, 6) is 3.14. The highest BCUT2D eigenvalue weighted by Crippen LogP contribution is 2.26. The van der Waals surface area contributed by atoms with E-state index in [0.29, 0.717) is 6.54 Å². The molecule has 0 amide bonds. The van der Waals surface area contributed by atoms with Crippen LogP contribution in [-0.4, -0.2) is 49.3 Å². The summed E-state index contributed by atoms with van der Waals surface area (Å²) >= 11 is 0. The van der Waals surface area contributed by atoms with Gasteiger partial charge in [-0.3, -0.25) is 4.99 Å². The summed E-state index contributed by atoms with van der Waals surface area (Å²) in [4.78, 5) is 12.2. The van der Waals surface area contributed by atoms with Gasteiger partial charge in [0.1, 0.15) is 11.9 Å². The first-order chi connectivity index (χ1) is 13.7. The van der Waals surface area contributed by atoms with Gasteiger partial charge in [0.05, 0.1) is 24.7 Å². The number of rotatable bonds is 8. The van der Waals surface area contributed by atoms with Crippen LogP contribution in [0.1, 0.15) is 12.7 Å². The normalized spacial score (nSPS) is 12.6. The van der Waals surface area contributed by atoms with Crippen molar-refractivity contribution < 1.29 is 9.47 Å². The molecule has 1 heterocycles. The number of hydrogen-bond donors (Lipinski definition) is 3. The van der Waals surface area contributed by atoms with E-state index in [1.807, 2.05) is 55.5 Å². The maximum absolute atomic E-state index is 5.95. The molecular weight excluding hydrogens is 354 g/mol. The van der Waals surface area contributed by atoms with Crippen molar-refractivity contribution in [2.75, 3.05) is 27.2 Å². The molecule has 28 heavy (non-hydrogen) atoms. The van der Waals surface area contributed by atoms with Gasteiger partial charge >= 0.3 is 0 Å². The molecule has 7 nitrogen and oxygen atoms in total. The van der Waals surface area contributed by atoms with E-state index in [4.69, 9.17) is 9.47 Å². The van der Waals surface area contributed by atoms with Crippen molar-refractivity contribution in [2.24, 2.45) is 4.99 Å². The maximum Gasteiger partial charge on any atom is 0.191 e. The van der Waals surface area contributed by atoms with E-state index in [0.717, 1.165) is 47.3 Å². The average molecular weight is 381 g/mol. The quantitative estimate of drug-likeness (QED) is 0.413. The molecule has 0 radical (unpaired) electrons. The second-order valence-corrected chi connectivity index (χ2v) is 6.41. The third-order valence-corrected chi connectivity index (χ3v) is 4.27. The highest BCUT2D eigenvalue weighted by molar-refractivity contribution is 5.79. The number of methoxy groups -OCH3 is 1. The molecule has 0 aliphatic heterocycles. The van der Waals surface area contributed by atoms with Crippen LogP contribution in [0.5, 0.6) is 11.5 Å². The summed E-state index contributed by atoms with van der Waals surface area (Å²) in [6.45, 7) is 3.34. The van der Waals surface area contributed by atoms with Gasteiger partial charge in [0.15, 0.2) is 17.5 Å². The Balaban J connectivity index is 1.44. The van der Waals surface area contributed by atoms with E-state index in [2.05, 4.69) is 25.6 Å². The Kier molecular flexibility index (Phi) is 6.73. The first kappa shape index (κ1) is 19.5. The topological polar surface area (TPSA) is 83.6 Å². The Morgan fingerprint density at radius 3 is 2.61 bits per heavy atom. The van der Waals surface area contributed by atoms with Gasteiger partial charge in [-0.2, -0.15) is 0 Å². The minimum Gasteiger partial charge on any atom is -0.493 e. The van der Waals surface area contributed by atoms with Gasteiger partial charge in [-0.05, 0) is 31.2 Å². The number of imidazole rings is 1. The van der Waals surface area contributed by atoms with Gasteiger partial charge in [-0.15, -0.1) is 0 Å². The zero-order chi connectivity index (χ0) is 19.8. The number of benzene rings is 2. The van der Waals surface area contributed by atoms with E-state index in [9.17, 15) is 0 Å². The monoisotopic (exact) mass is 381 g/mol. The highest BCUT2D eigenvalue weighted by Gasteiger charge is 2.09. The molecule has 0 aliphatic rings.